The standard InChI is InChI=1S/C18H29NO2S/c1-6-8-9-17(18(4,5)14-7-2)19-22(20,21)16-12-10-15(3)11-13-16/h7,10-13,17,19H,2,6,8-9,14H2,1,3-5H3. The molecule has 0 aromatic heterocycles. The minimum Gasteiger partial charge on any atom is -0.208 e. The molecule has 0 aliphatic carbocycles. The van der Waals surface area contributed by atoms with Crippen molar-refractivity contribution in [1.29, 1.82) is 0 Å². The van der Waals surface area contributed by atoms with Gasteiger partial charge >= 0.3 is 0 Å². The third-order valence-electron chi connectivity index (χ3n) is 4.09. The lowest BCUT2D eigenvalue weighted by Crippen LogP contribution is -2.44. The summed E-state index contributed by atoms with van der Waals surface area (Å²) in [4.78, 5) is 0.328. The maximum absolute atomic E-state index is 12.6. The van der Waals surface area contributed by atoms with Gasteiger partial charge in [-0.25, -0.2) is 13.1 Å². The van der Waals surface area contributed by atoms with E-state index in [2.05, 4.69) is 32.1 Å². The Kier molecular flexibility index (Phi) is 6.82. The number of sulfonamides is 1. The fourth-order valence-corrected chi connectivity index (χ4v) is 3.95. The molecule has 4 heteroatoms. The van der Waals surface area contributed by atoms with Gasteiger partial charge in [-0.2, -0.15) is 0 Å². The molecular weight excluding hydrogens is 294 g/mol. The first-order valence-corrected chi connectivity index (χ1v) is 9.41. The van der Waals surface area contributed by atoms with Crippen molar-refractivity contribution in [1.82, 2.24) is 4.72 Å². The molecule has 1 unspecified atom stereocenters. The van der Waals surface area contributed by atoms with Crippen LogP contribution in [0.4, 0.5) is 0 Å². The molecule has 0 heterocycles. The predicted octanol–water partition coefficient (Wildman–Crippen LogP) is 4.43. The first-order valence-electron chi connectivity index (χ1n) is 7.93. The van der Waals surface area contributed by atoms with Crippen LogP contribution < -0.4 is 4.72 Å². The molecule has 1 rings (SSSR count). The highest BCUT2D eigenvalue weighted by Crippen LogP contribution is 2.30. The fraction of sp³-hybridized carbons (Fsp3) is 0.556. The quantitative estimate of drug-likeness (QED) is 0.683. The zero-order valence-electron chi connectivity index (χ0n) is 14.2. The largest absolute Gasteiger partial charge is 0.240 e. The second-order valence-electron chi connectivity index (χ2n) is 6.61. The topological polar surface area (TPSA) is 46.2 Å². The highest BCUT2D eigenvalue weighted by Gasteiger charge is 2.31. The van der Waals surface area contributed by atoms with Crippen molar-refractivity contribution in [3.63, 3.8) is 0 Å². The number of nitrogens with one attached hydrogen (secondary N) is 1. The number of hydrogen-bond donors (Lipinski definition) is 1. The van der Waals surface area contributed by atoms with Crippen LogP contribution in [0.25, 0.3) is 0 Å². The van der Waals surface area contributed by atoms with E-state index in [9.17, 15) is 8.42 Å². The molecule has 0 radical (unpaired) electrons. The Hall–Kier alpha value is -1.13. The van der Waals surface area contributed by atoms with Gasteiger partial charge in [-0.1, -0.05) is 57.4 Å². The normalized spacial score (nSPS) is 13.8. The van der Waals surface area contributed by atoms with Crippen molar-refractivity contribution in [2.75, 3.05) is 0 Å². The van der Waals surface area contributed by atoms with Crippen LogP contribution in [0.1, 0.15) is 52.0 Å². The van der Waals surface area contributed by atoms with E-state index >= 15 is 0 Å². The molecule has 1 N–H and O–H groups in total. The van der Waals surface area contributed by atoms with Crippen LogP contribution in [-0.4, -0.2) is 14.5 Å². The Bertz CT molecular complexity index is 574. The zero-order valence-corrected chi connectivity index (χ0v) is 15.0. The average molecular weight is 324 g/mol. The molecule has 124 valence electrons. The summed E-state index contributed by atoms with van der Waals surface area (Å²) in [7, 11) is -3.49. The molecule has 0 saturated heterocycles. The van der Waals surface area contributed by atoms with E-state index in [1.807, 2.05) is 25.1 Å². The third-order valence-corrected chi connectivity index (χ3v) is 5.58. The van der Waals surface area contributed by atoms with Crippen molar-refractivity contribution in [2.24, 2.45) is 5.41 Å². The summed E-state index contributed by atoms with van der Waals surface area (Å²) in [6.45, 7) is 12.0. The van der Waals surface area contributed by atoms with Crippen LogP contribution in [0.15, 0.2) is 41.8 Å². The average Bonchev–Trinajstić information content (AvgIpc) is 2.43. The summed E-state index contributed by atoms with van der Waals surface area (Å²) < 4.78 is 28.2. The summed E-state index contributed by atoms with van der Waals surface area (Å²) in [5.74, 6) is 0. The highest BCUT2D eigenvalue weighted by atomic mass is 32.2. The molecule has 0 fully saturated rings. The van der Waals surface area contributed by atoms with Crippen molar-refractivity contribution in [2.45, 2.75) is 64.3 Å². The van der Waals surface area contributed by atoms with Gasteiger partial charge in [0.15, 0.2) is 0 Å². The van der Waals surface area contributed by atoms with Crippen LogP contribution >= 0.6 is 0 Å². The molecule has 3 nitrogen and oxygen atoms in total. The lowest BCUT2D eigenvalue weighted by Gasteiger charge is -2.34. The van der Waals surface area contributed by atoms with Gasteiger partial charge in [-0.05, 0) is 37.3 Å². The lowest BCUT2D eigenvalue weighted by molar-refractivity contribution is 0.253. The Labute approximate surface area is 135 Å². The van der Waals surface area contributed by atoms with Gasteiger partial charge in [0.05, 0.1) is 4.90 Å². The first-order chi connectivity index (χ1) is 10.2. The summed E-state index contributed by atoms with van der Waals surface area (Å²) in [5.41, 5.74) is 0.891. The van der Waals surface area contributed by atoms with Gasteiger partial charge in [-0.15, -0.1) is 6.58 Å². The van der Waals surface area contributed by atoms with Crippen LogP contribution in [-0.2, 0) is 10.0 Å². The molecule has 0 amide bonds. The molecule has 0 aliphatic rings. The number of aryl methyl sites for hydroxylation is 1. The van der Waals surface area contributed by atoms with E-state index in [0.717, 1.165) is 31.2 Å². The van der Waals surface area contributed by atoms with Crippen LogP contribution in [0.2, 0.25) is 0 Å². The van der Waals surface area contributed by atoms with Crippen LogP contribution in [0.3, 0.4) is 0 Å². The minimum absolute atomic E-state index is 0.100. The zero-order chi connectivity index (χ0) is 16.8. The van der Waals surface area contributed by atoms with E-state index in [0.29, 0.717) is 4.90 Å². The van der Waals surface area contributed by atoms with Gasteiger partial charge in [0.25, 0.3) is 0 Å². The molecule has 0 saturated carbocycles. The maximum Gasteiger partial charge on any atom is 0.240 e. The second-order valence-corrected chi connectivity index (χ2v) is 8.32. The van der Waals surface area contributed by atoms with E-state index in [-0.39, 0.29) is 11.5 Å². The lowest BCUT2D eigenvalue weighted by atomic mass is 9.79. The number of unbranched alkanes of at least 4 members (excludes halogenated alkanes) is 1. The number of allylic oxidation sites excluding steroid dienone is 1. The molecule has 0 spiro atoms. The van der Waals surface area contributed by atoms with Crippen molar-refractivity contribution in [3.05, 3.63) is 42.5 Å². The summed E-state index contributed by atoms with van der Waals surface area (Å²) in [6, 6.07) is 6.87. The number of rotatable bonds is 9. The molecule has 1 aromatic carbocycles. The van der Waals surface area contributed by atoms with E-state index < -0.39 is 10.0 Å². The fourth-order valence-electron chi connectivity index (χ4n) is 2.50. The Morgan fingerprint density at radius 1 is 1.27 bits per heavy atom. The minimum atomic E-state index is -3.49. The van der Waals surface area contributed by atoms with Crippen molar-refractivity contribution >= 4 is 10.0 Å². The summed E-state index contributed by atoms with van der Waals surface area (Å²) in [5, 5.41) is 0. The van der Waals surface area contributed by atoms with Gasteiger partial charge in [0.2, 0.25) is 10.0 Å². The molecule has 0 aliphatic heterocycles. The molecule has 1 aromatic rings. The van der Waals surface area contributed by atoms with Crippen LogP contribution in [0, 0.1) is 12.3 Å². The first kappa shape index (κ1) is 18.9. The number of benzene rings is 1. The van der Waals surface area contributed by atoms with Gasteiger partial charge in [-0.3, -0.25) is 0 Å². The van der Waals surface area contributed by atoms with E-state index in [1.54, 1.807) is 12.1 Å². The molecule has 1 atom stereocenters. The van der Waals surface area contributed by atoms with Crippen molar-refractivity contribution < 1.29 is 8.42 Å². The molecule has 0 bridgehead atoms. The highest BCUT2D eigenvalue weighted by molar-refractivity contribution is 7.89. The second kappa shape index (κ2) is 7.93. The molecular formula is C18H29NO2S. The van der Waals surface area contributed by atoms with Gasteiger partial charge in [0, 0.05) is 6.04 Å². The Morgan fingerprint density at radius 2 is 1.86 bits per heavy atom. The monoisotopic (exact) mass is 323 g/mol. The van der Waals surface area contributed by atoms with Crippen LogP contribution in [0.5, 0.6) is 0 Å². The smallest absolute Gasteiger partial charge is 0.208 e. The van der Waals surface area contributed by atoms with E-state index in [4.69, 9.17) is 0 Å². The Morgan fingerprint density at radius 3 is 2.36 bits per heavy atom. The SMILES string of the molecule is C=CCC(C)(C)C(CCCC)NS(=O)(=O)c1ccc(C)cc1. The maximum atomic E-state index is 12.6. The molecule has 22 heavy (non-hydrogen) atoms. The predicted molar refractivity (Wildman–Crippen MR) is 93.4 cm³/mol. The van der Waals surface area contributed by atoms with Gasteiger partial charge < -0.3 is 0 Å². The number of hydrogen-bond acceptors (Lipinski definition) is 2. The summed E-state index contributed by atoms with van der Waals surface area (Å²) >= 11 is 0. The summed E-state index contributed by atoms with van der Waals surface area (Å²) in [6.07, 6.45) is 5.52. The van der Waals surface area contributed by atoms with Crippen molar-refractivity contribution in [3.8, 4) is 0 Å². The van der Waals surface area contributed by atoms with E-state index in [1.165, 1.54) is 0 Å². The third kappa shape index (κ3) is 5.25. The van der Waals surface area contributed by atoms with Gasteiger partial charge in [0.1, 0.15) is 0 Å². The Balaban J connectivity index is 3.01.